The number of rotatable bonds is 5. The Hall–Kier alpha value is -8.72. The lowest BCUT2D eigenvalue weighted by Gasteiger charge is -2.30. The monoisotopic (exact) mass is 904 g/mol. The first-order valence-electron chi connectivity index (χ1n) is 25.1. The maximum atomic E-state index is 2.56. The summed E-state index contributed by atoms with van der Waals surface area (Å²) in [4.78, 5) is 2.56. The van der Waals surface area contributed by atoms with Crippen molar-refractivity contribution in [3.05, 3.63) is 258 Å². The van der Waals surface area contributed by atoms with Gasteiger partial charge in [0, 0.05) is 39.8 Å². The molecular formula is C69H48N2. The van der Waals surface area contributed by atoms with Crippen LogP contribution < -0.4 is 4.90 Å². The Morgan fingerprint density at radius 2 is 0.958 bits per heavy atom. The highest BCUT2D eigenvalue weighted by Crippen LogP contribution is 2.56. The highest BCUT2D eigenvalue weighted by Gasteiger charge is 2.40. The SMILES string of the molecule is CC1(C)c2ccccc2-c2c1cc(-c1c3ccccc3c(-c3ccccc3)c3ccc(-c4ccc5c6c(n(-c7ccccc7)c5c4)C=C4c5ccccc5N(c5ccccc5)C4C6)cc13)c1ccccc21. The average Bonchev–Trinajstić information content (AvgIpc) is 4.01. The normalized spacial score (nSPS) is 15.2. The Morgan fingerprint density at radius 3 is 1.70 bits per heavy atom. The van der Waals surface area contributed by atoms with Crippen LogP contribution in [0.25, 0.3) is 105 Å². The first-order valence-corrected chi connectivity index (χ1v) is 25.1. The third-order valence-corrected chi connectivity index (χ3v) is 16.3. The highest BCUT2D eigenvalue weighted by atomic mass is 15.2. The molecule has 0 bridgehead atoms. The van der Waals surface area contributed by atoms with Gasteiger partial charge in [0.15, 0.2) is 0 Å². The van der Waals surface area contributed by atoms with Gasteiger partial charge in [-0.25, -0.2) is 0 Å². The summed E-state index contributed by atoms with van der Waals surface area (Å²) in [5, 5.41) is 8.94. The predicted molar refractivity (Wildman–Crippen MR) is 300 cm³/mol. The van der Waals surface area contributed by atoms with Gasteiger partial charge in [0.05, 0.1) is 17.3 Å². The molecule has 2 heteroatoms. The van der Waals surface area contributed by atoms with Gasteiger partial charge in [-0.1, -0.05) is 196 Å². The molecule has 1 aromatic heterocycles. The van der Waals surface area contributed by atoms with E-state index in [1.807, 2.05) is 0 Å². The Balaban J connectivity index is 0.987. The van der Waals surface area contributed by atoms with E-state index in [2.05, 4.69) is 260 Å². The standard InChI is InChI=1S/C69H48N2/c1-69(2)60-32-18-16-31-55(60)68-51-28-13-12-26-48(51)59(40-61(68)69)67-53-30-15-14-29-52(53)66(43-20-6-3-7-21-43)54-37-35-44(38-58(54)67)45-34-36-50-57-42-64-56(41-65(57)71(63(50)39-45)47-24-10-5-11-25-47)49-27-17-19-33-62(49)70(64)46-22-8-4-9-23-46/h3-41,64H,42H2,1-2H3. The summed E-state index contributed by atoms with van der Waals surface area (Å²) in [6.45, 7) is 4.81. The van der Waals surface area contributed by atoms with Gasteiger partial charge in [-0.3, -0.25) is 0 Å². The predicted octanol–water partition coefficient (Wildman–Crippen LogP) is 18.0. The second kappa shape index (κ2) is 15.1. The van der Waals surface area contributed by atoms with Gasteiger partial charge in [-0.05, 0) is 154 Å². The van der Waals surface area contributed by atoms with E-state index in [9.17, 15) is 0 Å². The average molecular weight is 905 g/mol. The van der Waals surface area contributed by atoms with Crippen LogP contribution in [0.2, 0.25) is 0 Å². The van der Waals surface area contributed by atoms with Crippen molar-refractivity contribution in [2.24, 2.45) is 0 Å². The quantitative estimate of drug-likeness (QED) is 0.156. The van der Waals surface area contributed by atoms with Gasteiger partial charge in [0.2, 0.25) is 0 Å². The molecule has 2 aliphatic carbocycles. The summed E-state index contributed by atoms with van der Waals surface area (Å²) in [6, 6.07) is 86.4. The summed E-state index contributed by atoms with van der Waals surface area (Å²) in [5.74, 6) is 0. The number of anilines is 2. The smallest absolute Gasteiger partial charge is 0.0640 e. The van der Waals surface area contributed by atoms with E-state index in [1.165, 1.54) is 138 Å². The molecule has 15 rings (SSSR count). The zero-order valence-electron chi connectivity index (χ0n) is 39.7. The van der Waals surface area contributed by atoms with Crippen molar-refractivity contribution in [3.8, 4) is 50.2 Å². The number of hydrogen-bond acceptors (Lipinski definition) is 1. The molecule has 1 atom stereocenters. The van der Waals surface area contributed by atoms with E-state index in [0.717, 1.165) is 6.42 Å². The number of para-hydroxylation sites is 3. The first kappa shape index (κ1) is 40.2. The molecule has 0 N–H and O–H groups in total. The largest absolute Gasteiger partial charge is 0.333 e. The Kier molecular flexibility index (Phi) is 8.57. The van der Waals surface area contributed by atoms with E-state index in [0.29, 0.717) is 0 Å². The zero-order valence-corrected chi connectivity index (χ0v) is 39.7. The summed E-state index contributed by atoms with van der Waals surface area (Å²) >= 11 is 0. The minimum absolute atomic E-state index is 0.161. The molecule has 2 heterocycles. The van der Waals surface area contributed by atoms with Crippen LogP contribution >= 0.6 is 0 Å². The van der Waals surface area contributed by atoms with Crippen LogP contribution in [0, 0.1) is 0 Å². The fourth-order valence-electron chi connectivity index (χ4n) is 13.1. The first-order chi connectivity index (χ1) is 35.0. The summed E-state index contributed by atoms with van der Waals surface area (Å²) in [6.07, 6.45) is 3.41. The molecule has 3 aliphatic rings. The van der Waals surface area contributed by atoms with E-state index in [1.54, 1.807) is 0 Å². The highest BCUT2D eigenvalue weighted by molar-refractivity contribution is 6.25. The van der Waals surface area contributed by atoms with Gasteiger partial charge >= 0.3 is 0 Å². The van der Waals surface area contributed by atoms with Crippen LogP contribution in [0.4, 0.5) is 11.4 Å². The Morgan fingerprint density at radius 1 is 0.394 bits per heavy atom. The van der Waals surface area contributed by atoms with E-state index >= 15 is 0 Å². The molecule has 2 nitrogen and oxygen atoms in total. The van der Waals surface area contributed by atoms with Crippen LogP contribution in [0.1, 0.15) is 41.8 Å². The minimum Gasteiger partial charge on any atom is -0.333 e. The number of nitrogens with zero attached hydrogens (tertiary/aromatic N) is 2. The second-order valence-electron chi connectivity index (χ2n) is 20.3. The molecule has 1 unspecified atom stereocenters. The van der Waals surface area contributed by atoms with Crippen molar-refractivity contribution in [1.82, 2.24) is 4.57 Å². The maximum absolute atomic E-state index is 2.56. The van der Waals surface area contributed by atoms with Crippen molar-refractivity contribution in [2.75, 3.05) is 4.90 Å². The molecule has 1 aliphatic heterocycles. The maximum Gasteiger partial charge on any atom is 0.0640 e. The number of aromatic nitrogens is 1. The fraction of sp³-hybridized carbons (Fsp3) is 0.0725. The van der Waals surface area contributed by atoms with E-state index in [4.69, 9.17) is 0 Å². The number of fused-ring (bicyclic) bond motifs is 13. The van der Waals surface area contributed by atoms with Crippen LogP contribution in [0.15, 0.2) is 231 Å². The summed E-state index contributed by atoms with van der Waals surface area (Å²) in [5.41, 5.74) is 23.1. The topological polar surface area (TPSA) is 8.17 Å². The van der Waals surface area contributed by atoms with Crippen molar-refractivity contribution in [1.29, 1.82) is 0 Å². The number of hydrogen-bond donors (Lipinski definition) is 0. The van der Waals surface area contributed by atoms with Gasteiger partial charge in [0.25, 0.3) is 0 Å². The lowest BCUT2D eigenvalue weighted by molar-refractivity contribution is 0.661. The zero-order chi connectivity index (χ0) is 47.0. The summed E-state index contributed by atoms with van der Waals surface area (Å²) < 4.78 is 2.52. The lowest BCUT2D eigenvalue weighted by Crippen LogP contribution is -2.30. The molecule has 11 aromatic carbocycles. The van der Waals surface area contributed by atoms with E-state index in [-0.39, 0.29) is 11.5 Å². The van der Waals surface area contributed by atoms with Crippen molar-refractivity contribution >= 4 is 66.2 Å². The number of benzene rings is 11. The third-order valence-electron chi connectivity index (χ3n) is 16.3. The van der Waals surface area contributed by atoms with Gasteiger partial charge < -0.3 is 9.47 Å². The van der Waals surface area contributed by atoms with Crippen LogP contribution in [-0.2, 0) is 11.8 Å². The Labute approximate surface area is 414 Å². The van der Waals surface area contributed by atoms with Crippen LogP contribution in [0.5, 0.6) is 0 Å². The molecule has 0 saturated carbocycles. The molecule has 0 radical (unpaired) electrons. The second-order valence-corrected chi connectivity index (χ2v) is 20.3. The molecule has 0 fully saturated rings. The lowest BCUT2D eigenvalue weighted by atomic mass is 9.78. The van der Waals surface area contributed by atoms with Crippen molar-refractivity contribution in [3.63, 3.8) is 0 Å². The third kappa shape index (κ3) is 5.76. The van der Waals surface area contributed by atoms with Crippen molar-refractivity contribution < 1.29 is 0 Å². The molecule has 0 saturated heterocycles. The Bertz CT molecular complexity index is 4210. The van der Waals surface area contributed by atoms with Gasteiger partial charge in [-0.2, -0.15) is 0 Å². The van der Waals surface area contributed by atoms with Gasteiger partial charge in [0.1, 0.15) is 0 Å². The fourth-order valence-corrected chi connectivity index (χ4v) is 13.1. The molecule has 0 spiro atoms. The molecule has 71 heavy (non-hydrogen) atoms. The minimum atomic E-state index is -0.161. The van der Waals surface area contributed by atoms with E-state index < -0.39 is 0 Å². The van der Waals surface area contributed by atoms with Crippen LogP contribution in [-0.4, -0.2) is 10.6 Å². The molecule has 12 aromatic rings. The molecule has 334 valence electrons. The van der Waals surface area contributed by atoms with Crippen molar-refractivity contribution in [2.45, 2.75) is 31.7 Å². The molecule has 0 amide bonds. The van der Waals surface area contributed by atoms with Crippen LogP contribution in [0.3, 0.4) is 0 Å². The van der Waals surface area contributed by atoms with Gasteiger partial charge in [-0.15, -0.1) is 0 Å². The molecular weight excluding hydrogens is 857 g/mol. The summed E-state index contributed by atoms with van der Waals surface area (Å²) in [7, 11) is 0.